The van der Waals surface area contributed by atoms with Crippen molar-refractivity contribution in [3.63, 3.8) is 0 Å². The van der Waals surface area contributed by atoms with Crippen LogP contribution in [0.2, 0.25) is 0 Å². The van der Waals surface area contributed by atoms with Crippen molar-refractivity contribution in [2.75, 3.05) is 19.8 Å². The average Bonchev–Trinajstić information content (AvgIpc) is 2.45. The molecule has 1 aromatic carbocycles. The molecule has 1 atom stereocenters. The Morgan fingerprint density at radius 2 is 1.81 bits per heavy atom. The fourth-order valence-corrected chi connectivity index (χ4v) is 2.00. The van der Waals surface area contributed by atoms with E-state index in [2.05, 4.69) is 32.6 Å². The first-order valence-corrected chi connectivity index (χ1v) is 7.56. The SMILES string of the molecule is CC(C)CC(C)OCCOc1ccc(C#CCCO)cc1. The van der Waals surface area contributed by atoms with Crippen LogP contribution in [0.4, 0.5) is 0 Å². The minimum atomic E-state index is 0.101. The van der Waals surface area contributed by atoms with Crippen LogP contribution in [0, 0.1) is 17.8 Å². The van der Waals surface area contributed by atoms with E-state index >= 15 is 0 Å². The third kappa shape index (κ3) is 8.39. The number of hydrogen-bond acceptors (Lipinski definition) is 3. The molecule has 0 aliphatic heterocycles. The molecule has 0 amide bonds. The van der Waals surface area contributed by atoms with E-state index in [1.54, 1.807) is 0 Å². The zero-order valence-electron chi connectivity index (χ0n) is 13.3. The van der Waals surface area contributed by atoms with Crippen LogP contribution in [0.5, 0.6) is 5.75 Å². The zero-order valence-corrected chi connectivity index (χ0v) is 13.3. The van der Waals surface area contributed by atoms with Crippen LogP contribution in [0.3, 0.4) is 0 Å². The first-order valence-electron chi connectivity index (χ1n) is 7.56. The lowest BCUT2D eigenvalue weighted by atomic mass is 10.1. The Bertz CT molecular complexity index is 440. The lowest BCUT2D eigenvalue weighted by molar-refractivity contribution is 0.0331. The van der Waals surface area contributed by atoms with Gasteiger partial charge in [0.05, 0.1) is 19.3 Å². The van der Waals surface area contributed by atoms with Gasteiger partial charge in [0, 0.05) is 12.0 Å². The van der Waals surface area contributed by atoms with Crippen molar-refractivity contribution in [3.8, 4) is 17.6 Å². The van der Waals surface area contributed by atoms with E-state index in [9.17, 15) is 0 Å². The normalized spacial score (nSPS) is 11.9. The molecule has 0 aromatic heterocycles. The van der Waals surface area contributed by atoms with Gasteiger partial charge in [0.15, 0.2) is 0 Å². The molecule has 1 aromatic rings. The fraction of sp³-hybridized carbons (Fsp3) is 0.556. The standard InChI is InChI=1S/C18H26O3/c1-15(2)14-16(3)20-12-13-21-18-9-7-17(8-10-18)6-4-5-11-19/h7-10,15-16,19H,5,11-14H2,1-3H3. The van der Waals surface area contributed by atoms with Gasteiger partial charge in [0.1, 0.15) is 12.4 Å². The van der Waals surface area contributed by atoms with Gasteiger partial charge in [0.25, 0.3) is 0 Å². The van der Waals surface area contributed by atoms with Gasteiger partial charge in [-0.1, -0.05) is 25.7 Å². The predicted molar refractivity (Wildman–Crippen MR) is 85.4 cm³/mol. The fourth-order valence-electron chi connectivity index (χ4n) is 2.00. The maximum atomic E-state index is 8.66. The molecule has 3 heteroatoms. The third-order valence-corrected chi connectivity index (χ3v) is 2.88. The summed E-state index contributed by atoms with van der Waals surface area (Å²) < 4.78 is 11.3. The molecule has 0 radical (unpaired) electrons. The van der Waals surface area contributed by atoms with Crippen molar-refractivity contribution in [2.24, 2.45) is 5.92 Å². The molecule has 0 aliphatic rings. The molecular formula is C18H26O3. The summed E-state index contributed by atoms with van der Waals surface area (Å²) in [6.45, 7) is 7.75. The summed E-state index contributed by atoms with van der Waals surface area (Å²) >= 11 is 0. The Morgan fingerprint density at radius 1 is 1.10 bits per heavy atom. The van der Waals surface area contributed by atoms with Gasteiger partial charge in [-0.3, -0.25) is 0 Å². The molecule has 21 heavy (non-hydrogen) atoms. The molecule has 1 unspecified atom stereocenters. The molecule has 0 aliphatic carbocycles. The second-order valence-corrected chi connectivity index (χ2v) is 5.46. The number of rotatable bonds is 8. The summed E-state index contributed by atoms with van der Waals surface area (Å²) in [5.41, 5.74) is 0.928. The molecule has 1 rings (SSSR count). The highest BCUT2D eigenvalue weighted by Crippen LogP contribution is 2.12. The molecule has 1 N–H and O–H groups in total. The second-order valence-electron chi connectivity index (χ2n) is 5.46. The molecule has 3 nitrogen and oxygen atoms in total. The summed E-state index contributed by atoms with van der Waals surface area (Å²) in [4.78, 5) is 0. The Hall–Kier alpha value is -1.50. The van der Waals surface area contributed by atoms with Crippen LogP contribution in [-0.2, 0) is 4.74 Å². The molecule has 0 saturated heterocycles. The maximum absolute atomic E-state index is 8.66. The highest BCUT2D eigenvalue weighted by Gasteiger charge is 2.04. The summed E-state index contributed by atoms with van der Waals surface area (Å²) in [6.07, 6.45) is 1.85. The average molecular weight is 290 g/mol. The highest BCUT2D eigenvalue weighted by molar-refractivity contribution is 5.38. The van der Waals surface area contributed by atoms with Crippen LogP contribution in [0.25, 0.3) is 0 Å². The van der Waals surface area contributed by atoms with Crippen molar-refractivity contribution >= 4 is 0 Å². The van der Waals surface area contributed by atoms with Crippen molar-refractivity contribution in [1.82, 2.24) is 0 Å². The molecule has 0 bridgehead atoms. The van der Waals surface area contributed by atoms with E-state index < -0.39 is 0 Å². The minimum Gasteiger partial charge on any atom is -0.491 e. The van der Waals surface area contributed by atoms with Crippen molar-refractivity contribution in [1.29, 1.82) is 0 Å². The molecule has 0 saturated carbocycles. The molecular weight excluding hydrogens is 264 g/mol. The van der Waals surface area contributed by atoms with Gasteiger partial charge in [0.2, 0.25) is 0 Å². The van der Waals surface area contributed by atoms with E-state index in [0.29, 0.717) is 25.6 Å². The summed E-state index contributed by atoms with van der Waals surface area (Å²) in [5, 5.41) is 8.66. The van der Waals surface area contributed by atoms with Crippen LogP contribution in [-0.4, -0.2) is 31.0 Å². The zero-order chi connectivity index (χ0) is 15.5. The van der Waals surface area contributed by atoms with Crippen LogP contribution in [0.15, 0.2) is 24.3 Å². The highest BCUT2D eigenvalue weighted by atomic mass is 16.5. The second kappa shape index (κ2) is 10.3. The largest absolute Gasteiger partial charge is 0.491 e. The molecule has 0 fully saturated rings. The van der Waals surface area contributed by atoms with E-state index in [0.717, 1.165) is 17.7 Å². The number of aliphatic hydroxyl groups is 1. The molecule has 0 heterocycles. The Morgan fingerprint density at radius 3 is 2.43 bits per heavy atom. The van der Waals surface area contributed by atoms with Crippen LogP contribution < -0.4 is 4.74 Å². The molecule has 116 valence electrons. The van der Waals surface area contributed by atoms with Crippen LogP contribution >= 0.6 is 0 Å². The van der Waals surface area contributed by atoms with Crippen molar-refractivity contribution in [2.45, 2.75) is 39.7 Å². The van der Waals surface area contributed by atoms with Gasteiger partial charge in [-0.15, -0.1) is 0 Å². The summed E-state index contributed by atoms with van der Waals surface area (Å²) in [6, 6.07) is 7.64. The summed E-state index contributed by atoms with van der Waals surface area (Å²) in [7, 11) is 0. The van der Waals surface area contributed by atoms with Crippen LogP contribution in [0.1, 0.15) is 39.2 Å². The monoisotopic (exact) mass is 290 g/mol. The van der Waals surface area contributed by atoms with Gasteiger partial charge < -0.3 is 14.6 Å². The minimum absolute atomic E-state index is 0.101. The number of aliphatic hydroxyl groups excluding tert-OH is 1. The van der Waals surface area contributed by atoms with Gasteiger partial charge in [-0.25, -0.2) is 0 Å². The van der Waals surface area contributed by atoms with E-state index in [-0.39, 0.29) is 12.7 Å². The Balaban J connectivity index is 2.25. The lowest BCUT2D eigenvalue weighted by Crippen LogP contribution is -2.16. The number of benzene rings is 1. The van der Waals surface area contributed by atoms with E-state index in [4.69, 9.17) is 14.6 Å². The first kappa shape index (κ1) is 17.6. The molecule has 0 spiro atoms. The van der Waals surface area contributed by atoms with E-state index in [1.807, 2.05) is 24.3 Å². The van der Waals surface area contributed by atoms with Gasteiger partial charge >= 0.3 is 0 Å². The Kier molecular flexibility index (Phi) is 8.57. The maximum Gasteiger partial charge on any atom is 0.119 e. The number of hydrogen-bond donors (Lipinski definition) is 1. The summed E-state index contributed by atoms with van der Waals surface area (Å²) in [5.74, 6) is 7.35. The quantitative estimate of drug-likeness (QED) is 0.590. The Labute approximate surface area is 128 Å². The van der Waals surface area contributed by atoms with Crippen molar-refractivity contribution in [3.05, 3.63) is 29.8 Å². The lowest BCUT2D eigenvalue weighted by Gasteiger charge is -2.15. The topological polar surface area (TPSA) is 38.7 Å². The van der Waals surface area contributed by atoms with Gasteiger partial charge in [-0.05, 0) is 43.5 Å². The predicted octanol–water partition coefficient (Wildman–Crippen LogP) is 3.25. The first-order chi connectivity index (χ1) is 10.1. The van der Waals surface area contributed by atoms with E-state index in [1.165, 1.54) is 0 Å². The number of ether oxygens (including phenoxy) is 2. The smallest absolute Gasteiger partial charge is 0.119 e. The van der Waals surface area contributed by atoms with Crippen molar-refractivity contribution < 1.29 is 14.6 Å². The third-order valence-electron chi connectivity index (χ3n) is 2.88. The van der Waals surface area contributed by atoms with Gasteiger partial charge in [-0.2, -0.15) is 0 Å².